The van der Waals surface area contributed by atoms with Crippen LogP contribution < -0.4 is 10.2 Å². The first-order valence-electron chi connectivity index (χ1n) is 11.7. The van der Waals surface area contributed by atoms with Crippen molar-refractivity contribution in [3.8, 4) is 0 Å². The van der Waals surface area contributed by atoms with Gasteiger partial charge in [0, 0.05) is 25.3 Å². The molecule has 1 atom stereocenters. The van der Waals surface area contributed by atoms with Gasteiger partial charge in [-0.1, -0.05) is 43.7 Å². The number of nitrogens with one attached hydrogen (secondary N) is 1. The summed E-state index contributed by atoms with van der Waals surface area (Å²) in [7, 11) is -3.61. The maximum Gasteiger partial charge on any atom is 0.325 e. The third-order valence-corrected chi connectivity index (χ3v) is 8.83. The van der Waals surface area contributed by atoms with Crippen molar-refractivity contribution in [2.45, 2.75) is 44.6 Å². The van der Waals surface area contributed by atoms with E-state index in [0.29, 0.717) is 37.3 Å². The lowest BCUT2D eigenvalue weighted by Gasteiger charge is -2.23. The Labute approximate surface area is 205 Å². The zero-order chi connectivity index (χ0) is 25.5. The third kappa shape index (κ3) is 4.21. The van der Waals surface area contributed by atoms with Gasteiger partial charge in [-0.3, -0.25) is 14.5 Å². The van der Waals surface area contributed by atoms with Crippen LogP contribution in [-0.2, 0) is 31.6 Å². The molecule has 4 rings (SSSR count). The van der Waals surface area contributed by atoms with E-state index in [4.69, 9.17) is 0 Å². The number of aryl methyl sites for hydroxylation is 1. The fourth-order valence-corrected chi connectivity index (χ4v) is 6.16. The van der Waals surface area contributed by atoms with Crippen LogP contribution in [0.2, 0.25) is 0 Å². The van der Waals surface area contributed by atoms with E-state index in [1.807, 2.05) is 19.1 Å². The lowest BCUT2D eigenvalue weighted by molar-refractivity contribution is -0.134. The number of carbonyl (C=O) groups excluding carboxylic acids is 3. The SMILES string of the molecule is CCN(CC)S(=O)(=O)c1ccc2c(c1)CCN2C(=O)CN1C(=O)NC(C)(c2ccc(C)cc2)C1=O. The van der Waals surface area contributed by atoms with Crippen molar-refractivity contribution in [1.82, 2.24) is 14.5 Å². The number of imide groups is 1. The molecule has 2 heterocycles. The number of hydrogen-bond donors (Lipinski definition) is 1. The molecule has 186 valence electrons. The van der Waals surface area contributed by atoms with E-state index in [-0.39, 0.29) is 4.90 Å². The highest BCUT2D eigenvalue weighted by Gasteiger charge is 2.50. The topological polar surface area (TPSA) is 107 Å². The molecule has 0 radical (unpaired) electrons. The Bertz CT molecular complexity index is 1290. The Kier molecular flexibility index (Phi) is 6.46. The third-order valence-electron chi connectivity index (χ3n) is 6.79. The Morgan fingerprint density at radius 2 is 1.74 bits per heavy atom. The number of urea groups is 1. The normalized spacial score (nSPS) is 19.9. The Morgan fingerprint density at radius 3 is 2.37 bits per heavy atom. The van der Waals surface area contributed by atoms with Gasteiger partial charge in [-0.25, -0.2) is 13.2 Å². The second-order valence-corrected chi connectivity index (χ2v) is 10.9. The first-order chi connectivity index (χ1) is 16.5. The van der Waals surface area contributed by atoms with Crippen LogP contribution in [0.3, 0.4) is 0 Å². The molecule has 0 saturated carbocycles. The molecule has 1 fully saturated rings. The molecule has 1 saturated heterocycles. The van der Waals surface area contributed by atoms with Crippen LogP contribution in [0, 0.1) is 6.92 Å². The molecular weight excluding hydrogens is 468 g/mol. The van der Waals surface area contributed by atoms with Gasteiger partial charge in [0.2, 0.25) is 15.9 Å². The minimum Gasteiger partial charge on any atom is -0.319 e. The van der Waals surface area contributed by atoms with Crippen molar-refractivity contribution in [1.29, 1.82) is 0 Å². The summed E-state index contributed by atoms with van der Waals surface area (Å²) < 4.78 is 27.1. The van der Waals surface area contributed by atoms with Crippen molar-refractivity contribution in [3.63, 3.8) is 0 Å². The van der Waals surface area contributed by atoms with Gasteiger partial charge in [0.05, 0.1) is 4.90 Å². The lowest BCUT2D eigenvalue weighted by atomic mass is 9.91. The van der Waals surface area contributed by atoms with Gasteiger partial charge in [-0.2, -0.15) is 4.31 Å². The molecular formula is C25H30N4O5S. The summed E-state index contributed by atoms with van der Waals surface area (Å²) >= 11 is 0. The van der Waals surface area contributed by atoms with E-state index in [0.717, 1.165) is 16.0 Å². The average molecular weight is 499 g/mol. The number of carbonyl (C=O) groups is 3. The molecule has 0 aromatic heterocycles. The molecule has 4 amide bonds. The molecule has 35 heavy (non-hydrogen) atoms. The minimum atomic E-state index is -3.61. The monoisotopic (exact) mass is 498 g/mol. The maximum absolute atomic E-state index is 13.2. The highest BCUT2D eigenvalue weighted by molar-refractivity contribution is 7.89. The molecule has 9 nitrogen and oxygen atoms in total. The zero-order valence-electron chi connectivity index (χ0n) is 20.4. The summed E-state index contributed by atoms with van der Waals surface area (Å²) in [6, 6.07) is 11.4. The molecule has 10 heteroatoms. The van der Waals surface area contributed by atoms with Crippen LogP contribution >= 0.6 is 0 Å². The second-order valence-electron chi connectivity index (χ2n) is 8.99. The molecule has 2 aromatic carbocycles. The van der Waals surface area contributed by atoms with Gasteiger partial charge < -0.3 is 10.2 Å². The summed E-state index contributed by atoms with van der Waals surface area (Å²) in [6.07, 6.45) is 0.490. The van der Waals surface area contributed by atoms with E-state index in [2.05, 4.69) is 5.32 Å². The van der Waals surface area contributed by atoms with Gasteiger partial charge in [-0.15, -0.1) is 0 Å². The number of rotatable bonds is 7. The van der Waals surface area contributed by atoms with E-state index >= 15 is 0 Å². The quantitative estimate of drug-likeness (QED) is 0.590. The maximum atomic E-state index is 13.2. The van der Waals surface area contributed by atoms with Crippen molar-refractivity contribution >= 4 is 33.6 Å². The van der Waals surface area contributed by atoms with Gasteiger partial charge in [0.1, 0.15) is 12.1 Å². The lowest BCUT2D eigenvalue weighted by Crippen LogP contribution is -2.44. The highest BCUT2D eigenvalue weighted by atomic mass is 32.2. The zero-order valence-corrected chi connectivity index (χ0v) is 21.2. The molecule has 1 N–H and O–H groups in total. The molecule has 1 unspecified atom stereocenters. The first kappa shape index (κ1) is 24.9. The van der Waals surface area contributed by atoms with Crippen LogP contribution in [-0.4, -0.2) is 61.6 Å². The number of sulfonamides is 1. The molecule has 0 aliphatic carbocycles. The Hall–Kier alpha value is -3.24. The number of benzene rings is 2. The molecule has 2 aliphatic rings. The van der Waals surface area contributed by atoms with Crippen LogP contribution in [0.5, 0.6) is 0 Å². The minimum absolute atomic E-state index is 0.192. The standard InChI is InChI=1S/C25H30N4O5S/c1-5-27(6-2)35(33,34)20-11-12-21-18(15-20)13-14-28(21)22(30)16-29-23(31)25(4,26-24(29)32)19-9-7-17(3)8-10-19/h7-12,15H,5-6,13-14,16H2,1-4H3,(H,26,32). The summed E-state index contributed by atoms with van der Waals surface area (Å²) in [5.41, 5.74) is 1.77. The summed E-state index contributed by atoms with van der Waals surface area (Å²) in [5.74, 6) is -0.889. The summed E-state index contributed by atoms with van der Waals surface area (Å²) in [4.78, 5) is 41.7. The fourth-order valence-electron chi connectivity index (χ4n) is 4.65. The molecule has 2 aliphatic heterocycles. The fraction of sp³-hybridized carbons (Fsp3) is 0.400. The number of fused-ring (bicyclic) bond motifs is 1. The first-order valence-corrected chi connectivity index (χ1v) is 13.1. The van der Waals surface area contributed by atoms with E-state index < -0.39 is 40.0 Å². The van der Waals surface area contributed by atoms with E-state index in [1.165, 1.54) is 15.3 Å². The Morgan fingerprint density at radius 1 is 1.09 bits per heavy atom. The van der Waals surface area contributed by atoms with Gasteiger partial charge >= 0.3 is 6.03 Å². The van der Waals surface area contributed by atoms with Crippen LogP contribution in [0.25, 0.3) is 0 Å². The highest BCUT2D eigenvalue weighted by Crippen LogP contribution is 2.33. The summed E-state index contributed by atoms with van der Waals surface area (Å²) in [5, 5.41) is 2.72. The smallest absolute Gasteiger partial charge is 0.319 e. The van der Waals surface area contributed by atoms with Crippen LogP contribution in [0.4, 0.5) is 10.5 Å². The molecule has 2 aromatic rings. The van der Waals surface area contributed by atoms with Crippen molar-refractivity contribution in [3.05, 3.63) is 59.2 Å². The number of nitrogens with zero attached hydrogens (tertiary/aromatic N) is 3. The number of hydrogen-bond acceptors (Lipinski definition) is 5. The van der Waals surface area contributed by atoms with Gasteiger partial charge in [0.25, 0.3) is 5.91 Å². The molecule has 0 bridgehead atoms. The largest absolute Gasteiger partial charge is 0.325 e. The van der Waals surface area contributed by atoms with Crippen molar-refractivity contribution < 1.29 is 22.8 Å². The van der Waals surface area contributed by atoms with Crippen LogP contribution in [0.15, 0.2) is 47.4 Å². The summed E-state index contributed by atoms with van der Waals surface area (Å²) in [6.45, 7) is 7.82. The number of anilines is 1. The average Bonchev–Trinajstić information content (AvgIpc) is 3.34. The van der Waals surface area contributed by atoms with Crippen LogP contribution in [0.1, 0.15) is 37.5 Å². The van der Waals surface area contributed by atoms with Crippen molar-refractivity contribution in [2.24, 2.45) is 0 Å². The van der Waals surface area contributed by atoms with E-state index in [9.17, 15) is 22.8 Å². The van der Waals surface area contributed by atoms with E-state index in [1.54, 1.807) is 45.0 Å². The number of amides is 4. The second kappa shape index (κ2) is 9.09. The Balaban J connectivity index is 1.53. The molecule has 0 spiro atoms. The van der Waals surface area contributed by atoms with Gasteiger partial charge in [0.15, 0.2) is 0 Å². The predicted octanol–water partition coefficient (Wildman–Crippen LogP) is 2.38. The van der Waals surface area contributed by atoms with Crippen molar-refractivity contribution in [2.75, 3.05) is 31.1 Å². The predicted molar refractivity (Wildman–Crippen MR) is 131 cm³/mol. The van der Waals surface area contributed by atoms with Gasteiger partial charge in [-0.05, 0) is 49.6 Å².